The van der Waals surface area contributed by atoms with E-state index in [1.165, 1.54) is 14.2 Å². The predicted molar refractivity (Wildman–Crippen MR) is 76.3 cm³/mol. The maximum Gasteiger partial charge on any atom is 0.328 e. The number of carbonyl (C=O) groups excluding carboxylic acids is 3. The molecule has 1 N–H and O–H groups in total. The molecule has 0 spiro atoms. The summed E-state index contributed by atoms with van der Waals surface area (Å²) >= 11 is 0. The van der Waals surface area contributed by atoms with Crippen molar-refractivity contribution in [1.29, 1.82) is 0 Å². The molecule has 0 aliphatic heterocycles. The zero-order chi connectivity index (χ0) is 15.8. The van der Waals surface area contributed by atoms with Gasteiger partial charge in [-0.05, 0) is 19.3 Å². The van der Waals surface area contributed by atoms with Crippen LogP contribution in [0.3, 0.4) is 0 Å². The quantitative estimate of drug-likeness (QED) is 0.750. The molecule has 21 heavy (non-hydrogen) atoms. The van der Waals surface area contributed by atoms with Gasteiger partial charge in [-0.25, -0.2) is 4.79 Å². The number of rotatable bonds is 6. The van der Waals surface area contributed by atoms with Crippen LogP contribution in [0.1, 0.15) is 45.4 Å². The van der Waals surface area contributed by atoms with Crippen LogP contribution < -0.4 is 5.32 Å². The van der Waals surface area contributed by atoms with Crippen molar-refractivity contribution in [3.8, 4) is 0 Å². The Balaban J connectivity index is 2.62. The van der Waals surface area contributed by atoms with Gasteiger partial charge >= 0.3 is 11.9 Å². The molecular formula is C15H25NO5. The summed E-state index contributed by atoms with van der Waals surface area (Å²) in [7, 11) is 2.57. The fourth-order valence-electron chi connectivity index (χ4n) is 2.66. The highest BCUT2D eigenvalue weighted by Gasteiger charge is 2.30. The fourth-order valence-corrected chi connectivity index (χ4v) is 2.66. The molecule has 0 bridgehead atoms. The lowest BCUT2D eigenvalue weighted by atomic mass is 9.88. The van der Waals surface area contributed by atoms with E-state index in [0.29, 0.717) is 0 Å². The van der Waals surface area contributed by atoms with Gasteiger partial charge < -0.3 is 14.8 Å². The van der Waals surface area contributed by atoms with Crippen molar-refractivity contribution >= 4 is 17.8 Å². The van der Waals surface area contributed by atoms with Gasteiger partial charge in [-0.2, -0.15) is 0 Å². The molecule has 0 aromatic heterocycles. The molecule has 1 amide bonds. The molecule has 2 atom stereocenters. The molecule has 1 aliphatic rings. The minimum atomic E-state index is -0.807. The Kier molecular flexibility index (Phi) is 7.19. The summed E-state index contributed by atoms with van der Waals surface area (Å²) in [6.07, 6.45) is 5.12. The summed E-state index contributed by atoms with van der Waals surface area (Å²) in [5, 5.41) is 2.73. The van der Waals surface area contributed by atoms with Gasteiger partial charge in [0.15, 0.2) is 0 Å². The van der Waals surface area contributed by atoms with E-state index in [0.717, 1.165) is 32.1 Å². The Morgan fingerprint density at radius 1 is 1.05 bits per heavy atom. The van der Waals surface area contributed by atoms with Crippen LogP contribution >= 0.6 is 0 Å². The van der Waals surface area contributed by atoms with Crippen LogP contribution in [0, 0.1) is 11.8 Å². The lowest BCUT2D eigenvalue weighted by molar-refractivity contribution is -0.149. The van der Waals surface area contributed by atoms with Crippen molar-refractivity contribution in [2.45, 2.75) is 51.5 Å². The molecule has 0 saturated heterocycles. The summed E-state index contributed by atoms with van der Waals surface area (Å²) in [4.78, 5) is 35.5. The summed E-state index contributed by atoms with van der Waals surface area (Å²) in [5.41, 5.74) is 0. The number of esters is 2. The minimum Gasteiger partial charge on any atom is -0.469 e. The van der Waals surface area contributed by atoms with Gasteiger partial charge in [0.1, 0.15) is 6.04 Å². The van der Waals surface area contributed by atoms with Gasteiger partial charge in [0.25, 0.3) is 0 Å². The molecule has 0 heterocycles. The molecule has 0 unspecified atom stereocenters. The Labute approximate surface area is 125 Å². The number of nitrogens with one attached hydrogen (secondary N) is 1. The molecular weight excluding hydrogens is 274 g/mol. The lowest BCUT2D eigenvalue weighted by Crippen LogP contribution is -2.46. The zero-order valence-corrected chi connectivity index (χ0v) is 13.0. The third kappa shape index (κ3) is 5.36. The van der Waals surface area contributed by atoms with Crippen LogP contribution in [0.5, 0.6) is 0 Å². The first kappa shape index (κ1) is 17.5. The molecule has 0 aromatic rings. The van der Waals surface area contributed by atoms with E-state index in [9.17, 15) is 14.4 Å². The first-order valence-corrected chi connectivity index (χ1v) is 7.45. The van der Waals surface area contributed by atoms with Crippen LogP contribution in [0.4, 0.5) is 0 Å². The van der Waals surface area contributed by atoms with E-state index in [4.69, 9.17) is 4.74 Å². The van der Waals surface area contributed by atoms with E-state index in [1.807, 2.05) is 0 Å². The van der Waals surface area contributed by atoms with Gasteiger partial charge in [0.05, 0.1) is 20.1 Å². The summed E-state index contributed by atoms with van der Waals surface area (Å²) in [6, 6.07) is -0.807. The van der Waals surface area contributed by atoms with Gasteiger partial charge in [-0.3, -0.25) is 9.59 Å². The van der Waals surface area contributed by atoms with Crippen LogP contribution in [-0.4, -0.2) is 38.1 Å². The van der Waals surface area contributed by atoms with Crippen molar-refractivity contribution in [3.05, 3.63) is 0 Å². The van der Waals surface area contributed by atoms with Crippen LogP contribution in [0.25, 0.3) is 0 Å². The van der Waals surface area contributed by atoms with Gasteiger partial charge in [-0.1, -0.05) is 26.2 Å². The topological polar surface area (TPSA) is 81.7 Å². The highest BCUT2D eigenvalue weighted by molar-refractivity contribution is 5.86. The number of ether oxygens (including phenoxy) is 2. The number of hydrogen-bond acceptors (Lipinski definition) is 5. The minimum absolute atomic E-state index is 0.0423. The second-order valence-corrected chi connectivity index (χ2v) is 5.58. The number of carbonyl (C=O) groups is 3. The summed E-state index contributed by atoms with van der Waals surface area (Å²) in [6.45, 7) is 1.66. The standard InChI is InChI=1S/C15H25NO5/c1-10(14(18)20-2)9-12(15(19)21-3)16-13(17)11-7-5-4-6-8-11/h10-12H,4-9H2,1-3H3,(H,16,17)/t10-,12-/m1/s1. The van der Waals surface area contributed by atoms with Crippen molar-refractivity contribution < 1.29 is 23.9 Å². The summed E-state index contributed by atoms with van der Waals surface area (Å²) in [5.74, 6) is -1.59. The maximum atomic E-state index is 12.2. The van der Waals surface area contributed by atoms with Crippen molar-refractivity contribution in [3.63, 3.8) is 0 Å². The van der Waals surface area contributed by atoms with E-state index in [-0.39, 0.29) is 18.2 Å². The highest BCUT2D eigenvalue weighted by atomic mass is 16.5. The normalized spacial score (nSPS) is 18.4. The molecule has 6 nitrogen and oxygen atoms in total. The van der Waals surface area contributed by atoms with E-state index in [2.05, 4.69) is 10.1 Å². The number of methoxy groups -OCH3 is 2. The zero-order valence-electron chi connectivity index (χ0n) is 13.0. The first-order chi connectivity index (χ1) is 9.99. The van der Waals surface area contributed by atoms with Gasteiger partial charge in [0, 0.05) is 5.92 Å². The average Bonchev–Trinajstić information content (AvgIpc) is 2.53. The van der Waals surface area contributed by atoms with E-state index >= 15 is 0 Å². The Morgan fingerprint density at radius 2 is 1.62 bits per heavy atom. The van der Waals surface area contributed by atoms with E-state index < -0.39 is 23.9 Å². The Morgan fingerprint density at radius 3 is 2.14 bits per heavy atom. The largest absolute Gasteiger partial charge is 0.469 e. The lowest BCUT2D eigenvalue weighted by Gasteiger charge is -2.24. The van der Waals surface area contributed by atoms with Crippen molar-refractivity contribution in [1.82, 2.24) is 5.32 Å². The molecule has 1 fully saturated rings. The SMILES string of the molecule is COC(=O)[C@H](C)C[C@@H](NC(=O)C1CCCCC1)C(=O)OC. The number of hydrogen-bond donors (Lipinski definition) is 1. The average molecular weight is 299 g/mol. The third-order valence-electron chi connectivity index (χ3n) is 3.97. The third-order valence-corrected chi connectivity index (χ3v) is 3.97. The second-order valence-electron chi connectivity index (χ2n) is 5.58. The van der Waals surface area contributed by atoms with Crippen molar-refractivity contribution in [2.75, 3.05) is 14.2 Å². The Hall–Kier alpha value is -1.59. The molecule has 120 valence electrons. The monoisotopic (exact) mass is 299 g/mol. The molecule has 0 radical (unpaired) electrons. The first-order valence-electron chi connectivity index (χ1n) is 7.45. The van der Waals surface area contributed by atoms with Gasteiger partial charge in [0.2, 0.25) is 5.91 Å². The molecule has 6 heteroatoms. The summed E-state index contributed by atoms with van der Waals surface area (Å²) < 4.78 is 9.35. The van der Waals surface area contributed by atoms with Gasteiger partial charge in [-0.15, -0.1) is 0 Å². The second kappa shape index (κ2) is 8.64. The van der Waals surface area contributed by atoms with Crippen LogP contribution in [0.2, 0.25) is 0 Å². The van der Waals surface area contributed by atoms with Crippen LogP contribution in [-0.2, 0) is 23.9 Å². The number of amides is 1. The smallest absolute Gasteiger partial charge is 0.328 e. The molecule has 1 rings (SSSR count). The van der Waals surface area contributed by atoms with Crippen LogP contribution in [0.15, 0.2) is 0 Å². The fraction of sp³-hybridized carbons (Fsp3) is 0.800. The molecule has 0 aromatic carbocycles. The molecule has 1 aliphatic carbocycles. The Bertz CT molecular complexity index is 376. The van der Waals surface area contributed by atoms with Crippen molar-refractivity contribution in [2.24, 2.45) is 11.8 Å². The van der Waals surface area contributed by atoms with E-state index in [1.54, 1.807) is 6.92 Å². The molecule has 1 saturated carbocycles. The predicted octanol–water partition coefficient (Wildman–Crippen LogP) is 1.42. The highest BCUT2D eigenvalue weighted by Crippen LogP contribution is 2.24. The maximum absolute atomic E-state index is 12.2.